The van der Waals surface area contributed by atoms with Crippen LogP contribution in [0, 0.1) is 0 Å². The number of ether oxygens (including phenoxy) is 1. The molecule has 0 rings (SSSR count). The third-order valence-electron chi connectivity index (χ3n) is 18.9. The molecule has 0 aromatic carbocycles. The van der Waals surface area contributed by atoms with Crippen molar-refractivity contribution in [2.75, 3.05) is 13.2 Å². The Hall–Kier alpha value is -1.92. The molecular weight excluding hydrogens is 1080 g/mol. The van der Waals surface area contributed by atoms with Gasteiger partial charge in [0.2, 0.25) is 5.91 Å². The fraction of sp³-hybridized carbons (Fsp3) is 0.902. The van der Waals surface area contributed by atoms with Gasteiger partial charge in [-0.2, -0.15) is 0 Å². The van der Waals surface area contributed by atoms with E-state index < -0.39 is 12.1 Å². The first kappa shape index (κ1) is 86.1. The minimum Gasteiger partial charge on any atom is -0.466 e. The van der Waals surface area contributed by atoms with Crippen molar-refractivity contribution in [1.82, 2.24) is 5.32 Å². The number of amides is 1. The van der Waals surface area contributed by atoms with Gasteiger partial charge in [0.1, 0.15) is 0 Å². The van der Waals surface area contributed by atoms with Crippen LogP contribution in [0.4, 0.5) is 0 Å². The molecule has 0 bridgehead atoms. The third kappa shape index (κ3) is 73.1. The zero-order valence-corrected chi connectivity index (χ0v) is 59.7. The molecule has 0 aliphatic rings. The molecule has 6 heteroatoms. The number of nitrogens with one attached hydrogen (secondary N) is 1. The summed E-state index contributed by atoms with van der Waals surface area (Å²) in [6.45, 7) is 4.93. The van der Waals surface area contributed by atoms with E-state index in [1.165, 1.54) is 372 Å². The van der Waals surface area contributed by atoms with Crippen molar-refractivity contribution >= 4 is 11.9 Å². The molecule has 0 aliphatic heterocycles. The average Bonchev–Trinajstić information content (AvgIpc) is 3.55. The average molecular weight is 1240 g/mol. The molecule has 0 saturated heterocycles. The molecule has 520 valence electrons. The molecule has 0 aliphatic carbocycles. The van der Waals surface area contributed by atoms with Crippen molar-refractivity contribution < 1.29 is 24.5 Å². The van der Waals surface area contributed by atoms with Gasteiger partial charge in [-0.3, -0.25) is 9.59 Å². The number of hydrogen-bond acceptors (Lipinski definition) is 5. The minimum atomic E-state index is -0.843. The van der Waals surface area contributed by atoms with Gasteiger partial charge in [0.15, 0.2) is 0 Å². The van der Waals surface area contributed by atoms with Crippen LogP contribution in [0.25, 0.3) is 0 Å². The quantitative estimate of drug-likeness (QED) is 0.0320. The fourth-order valence-corrected chi connectivity index (χ4v) is 12.8. The highest BCUT2D eigenvalue weighted by Crippen LogP contribution is 2.20. The Balaban J connectivity index is 3.34. The predicted molar refractivity (Wildman–Crippen MR) is 389 cm³/mol. The first-order valence-corrected chi connectivity index (χ1v) is 40.3. The highest BCUT2D eigenvalue weighted by atomic mass is 16.5. The van der Waals surface area contributed by atoms with E-state index in [9.17, 15) is 19.8 Å². The summed E-state index contributed by atoms with van der Waals surface area (Å²) in [4.78, 5) is 24.7. The van der Waals surface area contributed by atoms with Gasteiger partial charge in [-0.25, -0.2) is 0 Å². The van der Waals surface area contributed by atoms with Crippen LogP contribution >= 0.6 is 0 Å². The van der Waals surface area contributed by atoms with Crippen LogP contribution in [-0.4, -0.2) is 47.4 Å². The summed E-state index contributed by atoms with van der Waals surface area (Å²) in [5, 5.41) is 23.3. The summed E-state index contributed by atoms with van der Waals surface area (Å²) in [7, 11) is 0. The lowest BCUT2D eigenvalue weighted by Crippen LogP contribution is -2.45. The Morgan fingerprint density at radius 3 is 0.875 bits per heavy atom. The van der Waals surface area contributed by atoms with Crippen molar-refractivity contribution in [3.63, 3.8) is 0 Å². The van der Waals surface area contributed by atoms with Crippen molar-refractivity contribution in [1.29, 1.82) is 0 Å². The predicted octanol–water partition coefficient (Wildman–Crippen LogP) is 26.6. The highest BCUT2D eigenvalue weighted by Gasteiger charge is 2.18. The first-order chi connectivity index (χ1) is 43.5. The smallest absolute Gasteiger partial charge is 0.305 e. The van der Waals surface area contributed by atoms with Crippen LogP contribution in [0.2, 0.25) is 0 Å². The Morgan fingerprint density at radius 2 is 0.568 bits per heavy atom. The highest BCUT2D eigenvalue weighted by molar-refractivity contribution is 5.76. The van der Waals surface area contributed by atoms with Gasteiger partial charge < -0.3 is 20.3 Å². The molecule has 6 nitrogen and oxygen atoms in total. The van der Waals surface area contributed by atoms with E-state index in [1.54, 1.807) is 6.08 Å². The van der Waals surface area contributed by atoms with Crippen LogP contribution in [-0.2, 0) is 14.3 Å². The standard InChI is InChI=1S/C82H157NO5/c1-3-5-7-9-11-13-15-17-19-21-23-36-39-42-46-50-54-58-62-66-70-74-80(85)79(78-84)83-81(86)75-71-67-63-59-55-51-47-43-40-37-34-32-30-28-26-24-25-27-29-31-33-35-38-41-45-49-53-57-61-65-69-73-77-88-82(87)76-72-68-64-60-56-52-48-44-22-20-18-16-14-12-10-8-6-4-2/h14,16,20,22,70,74,79-80,84-85H,3-13,15,17-19,21,23-69,71-73,75-78H2,1-2H3,(H,83,86)/b16-14-,22-20-,74-70+. The van der Waals surface area contributed by atoms with Crippen LogP contribution in [0.5, 0.6) is 0 Å². The van der Waals surface area contributed by atoms with Gasteiger partial charge >= 0.3 is 5.97 Å². The molecule has 0 spiro atoms. The maximum atomic E-state index is 12.5. The molecule has 1 amide bonds. The van der Waals surface area contributed by atoms with E-state index in [-0.39, 0.29) is 18.5 Å². The fourth-order valence-electron chi connectivity index (χ4n) is 12.8. The van der Waals surface area contributed by atoms with Gasteiger partial charge in [-0.15, -0.1) is 0 Å². The molecule has 0 fully saturated rings. The Bertz CT molecular complexity index is 1430. The molecule has 3 N–H and O–H groups in total. The normalized spacial score (nSPS) is 12.6. The number of carbonyl (C=O) groups excluding carboxylic acids is 2. The molecule has 2 atom stereocenters. The molecule has 0 saturated carbocycles. The van der Waals surface area contributed by atoms with Gasteiger partial charge in [0, 0.05) is 12.8 Å². The summed E-state index contributed by atoms with van der Waals surface area (Å²) in [6.07, 6.45) is 101. The maximum absolute atomic E-state index is 12.5. The Morgan fingerprint density at radius 1 is 0.318 bits per heavy atom. The number of aliphatic hydroxyl groups is 2. The van der Waals surface area contributed by atoms with Crippen molar-refractivity contribution in [3.8, 4) is 0 Å². The second-order valence-corrected chi connectivity index (χ2v) is 27.8. The van der Waals surface area contributed by atoms with E-state index in [0.29, 0.717) is 19.4 Å². The summed E-state index contributed by atoms with van der Waals surface area (Å²) >= 11 is 0. The number of unbranched alkanes of at least 4 members (excludes halogenated alkanes) is 61. The van der Waals surface area contributed by atoms with E-state index in [4.69, 9.17) is 4.74 Å². The van der Waals surface area contributed by atoms with E-state index >= 15 is 0 Å². The number of aliphatic hydroxyl groups excluding tert-OH is 2. The lowest BCUT2D eigenvalue weighted by molar-refractivity contribution is -0.143. The van der Waals surface area contributed by atoms with E-state index in [2.05, 4.69) is 43.5 Å². The summed E-state index contributed by atoms with van der Waals surface area (Å²) < 4.78 is 5.51. The van der Waals surface area contributed by atoms with E-state index in [1.807, 2.05) is 6.08 Å². The molecule has 0 aromatic rings. The Labute approximate surface area is 551 Å². The van der Waals surface area contributed by atoms with Crippen molar-refractivity contribution in [2.24, 2.45) is 0 Å². The van der Waals surface area contributed by atoms with Crippen LogP contribution in [0.1, 0.15) is 450 Å². The third-order valence-corrected chi connectivity index (χ3v) is 18.9. The van der Waals surface area contributed by atoms with Gasteiger partial charge in [-0.05, 0) is 64.2 Å². The number of rotatable bonds is 76. The SMILES string of the molecule is CCCCCC/C=C\C/C=C\CCCCCCCCCC(=O)OCCCCCCCCCCCCCCCCCCCCCCCCCCCCCCCCCCC(=O)NC(CO)C(O)/C=C/CCCCCCCCCCCCCCCCCCCCC. The van der Waals surface area contributed by atoms with Crippen LogP contribution in [0.15, 0.2) is 36.5 Å². The largest absolute Gasteiger partial charge is 0.466 e. The van der Waals surface area contributed by atoms with Crippen molar-refractivity contribution in [2.45, 2.75) is 463 Å². The number of esters is 1. The van der Waals surface area contributed by atoms with E-state index in [0.717, 1.165) is 51.4 Å². The second kappa shape index (κ2) is 77.5. The lowest BCUT2D eigenvalue weighted by Gasteiger charge is -2.20. The molecule has 0 heterocycles. The molecule has 0 radical (unpaired) electrons. The van der Waals surface area contributed by atoms with Gasteiger partial charge in [0.05, 0.1) is 25.4 Å². The monoisotopic (exact) mass is 1240 g/mol. The topological polar surface area (TPSA) is 95.9 Å². The minimum absolute atomic E-state index is 0.0144. The zero-order chi connectivity index (χ0) is 63.5. The summed E-state index contributed by atoms with van der Waals surface area (Å²) in [5.74, 6) is -0.0445. The van der Waals surface area contributed by atoms with Crippen LogP contribution < -0.4 is 5.32 Å². The van der Waals surface area contributed by atoms with Crippen LogP contribution in [0.3, 0.4) is 0 Å². The number of allylic oxidation sites excluding steroid dienone is 5. The number of hydrogen-bond donors (Lipinski definition) is 3. The Kier molecular flexibility index (Phi) is 75.8. The number of carbonyl (C=O) groups is 2. The second-order valence-electron chi connectivity index (χ2n) is 27.8. The molecular formula is C82H157NO5. The first-order valence-electron chi connectivity index (χ1n) is 40.3. The lowest BCUT2D eigenvalue weighted by atomic mass is 10.0. The molecule has 88 heavy (non-hydrogen) atoms. The summed E-state index contributed by atoms with van der Waals surface area (Å²) in [5.41, 5.74) is 0. The molecule has 2 unspecified atom stereocenters. The maximum Gasteiger partial charge on any atom is 0.305 e. The molecule has 0 aromatic heterocycles. The summed E-state index contributed by atoms with van der Waals surface area (Å²) in [6, 6.07) is -0.626. The van der Waals surface area contributed by atoms with Gasteiger partial charge in [-0.1, -0.05) is 410 Å². The van der Waals surface area contributed by atoms with Gasteiger partial charge in [0.25, 0.3) is 0 Å². The zero-order valence-electron chi connectivity index (χ0n) is 59.7. The van der Waals surface area contributed by atoms with Crippen molar-refractivity contribution in [3.05, 3.63) is 36.5 Å².